The third-order valence-electron chi connectivity index (χ3n) is 2.53. The van der Waals surface area contributed by atoms with Crippen LogP contribution in [0.5, 0.6) is 0 Å². The van der Waals surface area contributed by atoms with Crippen LogP contribution in [0.1, 0.15) is 52.9 Å². The lowest BCUT2D eigenvalue weighted by Crippen LogP contribution is -2.39. The van der Waals surface area contributed by atoms with Gasteiger partial charge in [-0.1, -0.05) is 33.6 Å². The Morgan fingerprint density at radius 1 is 1.20 bits per heavy atom. The van der Waals surface area contributed by atoms with E-state index in [1.54, 1.807) is 0 Å². The van der Waals surface area contributed by atoms with E-state index >= 15 is 0 Å². The van der Waals surface area contributed by atoms with E-state index in [0.29, 0.717) is 12.6 Å². The van der Waals surface area contributed by atoms with Gasteiger partial charge in [-0.05, 0) is 19.3 Å². The van der Waals surface area contributed by atoms with Crippen LogP contribution in [0.4, 0.5) is 0 Å². The molecule has 0 bridgehead atoms. The van der Waals surface area contributed by atoms with Gasteiger partial charge in [0.2, 0.25) is 5.91 Å². The van der Waals surface area contributed by atoms with E-state index in [1.165, 1.54) is 6.42 Å². The molecule has 0 aromatic carbocycles. The maximum absolute atomic E-state index is 11.4. The molecule has 2 N–H and O–H groups in total. The summed E-state index contributed by atoms with van der Waals surface area (Å²) in [5.74, 6) is 0.123. The van der Waals surface area contributed by atoms with Crippen molar-refractivity contribution in [1.29, 1.82) is 0 Å². The van der Waals surface area contributed by atoms with E-state index in [0.717, 1.165) is 32.2 Å². The van der Waals surface area contributed by atoms with Crippen LogP contribution in [0.15, 0.2) is 0 Å². The molecule has 0 aromatic heterocycles. The molecule has 3 nitrogen and oxygen atoms in total. The molecule has 1 unspecified atom stereocenters. The first-order chi connectivity index (χ1) is 7.24. The number of carbonyl (C=O) groups excluding carboxylic acids is 1. The first-order valence-corrected chi connectivity index (χ1v) is 6.24. The van der Waals surface area contributed by atoms with Gasteiger partial charge < -0.3 is 10.6 Å². The fraction of sp³-hybridized carbons (Fsp3) is 0.917. The number of nitrogens with one attached hydrogen (secondary N) is 2. The predicted octanol–water partition coefficient (Wildman–Crippen LogP) is 2.07. The molecule has 0 saturated carbocycles. The van der Waals surface area contributed by atoms with Crippen molar-refractivity contribution in [3.63, 3.8) is 0 Å². The second-order valence-electron chi connectivity index (χ2n) is 3.98. The summed E-state index contributed by atoms with van der Waals surface area (Å²) < 4.78 is 0. The van der Waals surface area contributed by atoms with Crippen LogP contribution in [0.2, 0.25) is 0 Å². The molecule has 0 rings (SSSR count). The topological polar surface area (TPSA) is 41.1 Å². The summed E-state index contributed by atoms with van der Waals surface area (Å²) in [5.41, 5.74) is 0. The van der Waals surface area contributed by atoms with Crippen molar-refractivity contribution in [3.8, 4) is 0 Å². The normalized spacial score (nSPS) is 12.5. The highest BCUT2D eigenvalue weighted by molar-refractivity contribution is 5.77. The Hall–Kier alpha value is -0.570. The second kappa shape index (κ2) is 9.97. The summed E-state index contributed by atoms with van der Waals surface area (Å²) in [4.78, 5) is 11.4. The fourth-order valence-corrected chi connectivity index (χ4v) is 1.50. The van der Waals surface area contributed by atoms with Crippen LogP contribution < -0.4 is 10.6 Å². The molecular formula is C12H26N2O. The van der Waals surface area contributed by atoms with Gasteiger partial charge in [-0.3, -0.25) is 4.79 Å². The van der Waals surface area contributed by atoms with Gasteiger partial charge >= 0.3 is 0 Å². The molecule has 1 atom stereocenters. The van der Waals surface area contributed by atoms with Crippen molar-refractivity contribution in [2.45, 2.75) is 58.9 Å². The summed E-state index contributed by atoms with van der Waals surface area (Å²) in [6.45, 7) is 7.72. The van der Waals surface area contributed by atoms with E-state index in [-0.39, 0.29) is 5.91 Å². The molecular weight excluding hydrogens is 188 g/mol. The third-order valence-corrected chi connectivity index (χ3v) is 2.53. The van der Waals surface area contributed by atoms with Crippen molar-refractivity contribution < 1.29 is 4.79 Å². The molecule has 0 saturated heterocycles. The minimum absolute atomic E-state index is 0.123. The fourth-order valence-electron chi connectivity index (χ4n) is 1.50. The molecule has 0 aliphatic heterocycles. The monoisotopic (exact) mass is 214 g/mol. The SMILES string of the molecule is CCCCNC(=O)CNC(CC)CCC. The summed E-state index contributed by atoms with van der Waals surface area (Å²) >= 11 is 0. The minimum Gasteiger partial charge on any atom is -0.355 e. The van der Waals surface area contributed by atoms with Gasteiger partial charge in [0, 0.05) is 12.6 Å². The molecule has 0 fully saturated rings. The lowest BCUT2D eigenvalue weighted by molar-refractivity contribution is -0.120. The highest BCUT2D eigenvalue weighted by atomic mass is 16.1. The molecule has 0 heterocycles. The maximum Gasteiger partial charge on any atom is 0.233 e. The van der Waals surface area contributed by atoms with E-state index < -0.39 is 0 Å². The zero-order chi connectivity index (χ0) is 11.5. The number of unbranched alkanes of at least 4 members (excludes halogenated alkanes) is 1. The van der Waals surface area contributed by atoms with Gasteiger partial charge in [0.15, 0.2) is 0 Å². The Morgan fingerprint density at radius 2 is 1.93 bits per heavy atom. The van der Waals surface area contributed by atoms with Crippen LogP contribution in [0, 0.1) is 0 Å². The average molecular weight is 214 g/mol. The Bertz CT molecular complexity index is 160. The molecule has 0 aliphatic carbocycles. The smallest absolute Gasteiger partial charge is 0.233 e. The molecule has 0 spiro atoms. The van der Waals surface area contributed by atoms with E-state index in [9.17, 15) is 4.79 Å². The predicted molar refractivity (Wildman–Crippen MR) is 64.9 cm³/mol. The lowest BCUT2D eigenvalue weighted by Gasteiger charge is -2.15. The standard InChI is InChI=1S/C12H26N2O/c1-4-7-9-13-12(15)10-14-11(6-3)8-5-2/h11,14H,4-10H2,1-3H3,(H,13,15). The van der Waals surface area contributed by atoms with Gasteiger partial charge in [-0.15, -0.1) is 0 Å². The van der Waals surface area contributed by atoms with E-state index in [2.05, 4.69) is 31.4 Å². The van der Waals surface area contributed by atoms with Crippen LogP contribution in [0.3, 0.4) is 0 Å². The molecule has 0 aliphatic rings. The Labute approximate surface area is 94.0 Å². The maximum atomic E-state index is 11.4. The van der Waals surface area contributed by atoms with Gasteiger partial charge in [0.05, 0.1) is 6.54 Å². The minimum atomic E-state index is 0.123. The zero-order valence-corrected chi connectivity index (χ0v) is 10.4. The van der Waals surface area contributed by atoms with Crippen molar-refractivity contribution >= 4 is 5.91 Å². The molecule has 0 aromatic rings. The highest BCUT2D eigenvalue weighted by Crippen LogP contribution is 1.99. The first-order valence-electron chi connectivity index (χ1n) is 6.24. The van der Waals surface area contributed by atoms with Gasteiger partial charge in [0.1, 0.15) is 0 Å². The van der Waals surface area contributed by atoms with Gasteiger partial charge in [0.25, 0.3) is 0 Å². The van der Waals surface area contributed by atoms with E-state index in [4.69, 9.17) is 0 Å². The van der Waals surface area contributed by atoms with Crippen molar-refractivity contribution in [3.05, 3.63) is 0 Å². The average Bonchev–Trinajstić information content (AvgIpc) is 2.24. The highest BCUT2D eigenvalue weighted by Gasteiger charge is 2.06. The Kier molecular flexibility index (Phi) is 9.59. The summed E-state index contributed by atoms with van der Waals surface area (Å²) in [5, 5.41) is 6.19. The second-order valence-corrected chi connectivity index (χ2v) is 3.98. The third kappa shape index (κ3) is 8.43. The van der Waals surface area contributed by atoms with Crippen molar-refractivity contribution in [1.82, 2.24) is 10.6 Å². The molecule has 90 valence electrons. The van der Waals surface area contributed by atoms with Gasteiger partial charge in [-0.2, -0.15) is 0 Å². The largest absolute Gasteiger partial charge is 0.355 e. The number of hydrogen-bond acceptors (Lipinski definition) is 2. The van der Waals surface area contributed by atoms with Crippen LogP contribution in [-0.2, 0) is 4.79 Å². The number of carbonyl (C=O) groups is 1. The zero-order valence-electron chi connectivity index (χ0n) is 10.4. The Morgan fingerprint density at radius 3 is 2.47 bits per heavy atom. The van der Waals surface area contributed by atoms with Crippen LogP contribution in [-0.4, -0.2) is 25.0 Å². The van der Waals surface area contributed by atoms with E-state index in [1.807, 2.05) is 0 Å². The van der Waals surface area contributed by atoms with Crippen molar-refractivity contribution in [2.75, 3.05) is 13.1 Å². The van der Waals surface area contributed by atoms with Crippen LogP contribution >= 0.6 is 0 Å². The van der Waals surface area contributed by atoms with Crippen molar-refractivity contribution in [2.24, 2.45) is 0 Å². The number of hydrogen-bond donors (Lipinski definition) is 2. The van der Waals surface area contributed by atoms with Gasteiger partial charge in [-0.25, -0.2) is 0 Å². The molecule has 0 radical (unpaired) electrons. The summed E-state index contributed by atoms with van der Waals surface area (Å²) in [7, 11) is 0. The molecule has 1 amide bonds. The molecule has 15 heavy (non-hydrogen) atoms. The quantitative estimate of drug-likeness (QED) is 0.577. The number of rotatable bonds is 9. The first kappa shape index (κ1) is 14.4. The Balaban J connectivity index is 3.50. The summed E-state index contributed by atoms with van der Waals surface area (Å²) in [6, 6.07) is 0.493. The number of amides is 1. The lowest BCUT2D eigenvalue weighted by atomic mass is 10.1. The van der Waals surface area contributed by atoms with Crippen LogP contribution in [0.25, 0.3) is 0 Å². The summed E-state index contributed by atoms with van der Waals surface area (Å²) in [6.07, 6.45) is 5.61. The molecule has 3 heteroatoms.